The standard InChI is InChI=1S/C12H16FNO2/c1-3-10(7-15)14-12(16)9-5-4-8(2)11(13)6-9/h4-6,10,15H,3,7H2,1-2H3,(H,14,16)/t10-/m1/s1. The van der Waals surface area contributed by atoms with Crippen LogP contribution in [0.2, 0.25) is 0 Å². The second-order valence-corrected chi connectivity index (χ2v) is 3.73. The van der Waals surface area contributed by atoms with Gasteiger partial charge in [-0.1, -0.05) is 13.0 Å². The Morgan fingerprint density at radius 2 is 2.25 bits per heavy atom. The topological polar surface area (TPSA) is 49.3 Å². The minimum atomic E-state index is -0.398. The Morgan fingerprint density at radius 3 is 2.75 bits per heavy atom. The van der Waals surface area contributed by atoms with Gasteiger partial charge in [0.25, 0.3) is 5.91 Å². The first-order valence-corrected chi connectivity index (χ1v) is 5.26. The molecule has 4 heteroatoms. The smallest absolute Gasteiger partial charge is 0.251 e. The lowest BCUT2D eigenvalue weighted by Crippen LogP contribution is -2.36. The summed E-state index contributed by atoms with van der Waals surface area (Å²) < 4.78 is 13.2. The van der Waals surface area contributed by atoms with Crippen LogP contribution in [-0.2, 0) is 0 Å². The third kappa shape index (κ3) is 3.03. The van der Waals surface area contributed by atoms with Gasteiger partial charge in [0.1, 0.15) is 5.82 Å². The van der Waals surface area contributed by atoms with Crippen molar-refractivity contribution < 1.29 is 14.3 Å². The average Bonchev–Trinajstić information content (AvgIpc) is 2.29. The van der Waals surface area contributed by atoms with Crippen LogP contribution in [0.3, 0.4) is 0 Å². The average molecular weight is 225 g/mol. The minimum Gasteiger partial charge on any atom is -0.394 e. The third-order valence-corrected chi connectivity index (χ3v) is 2.48. The maximum Gasteiger partial charge on any atom is 0.251 e. The summed E-state index contributed by atoms with van der Waals surface area (Å²) in [5, 5.41) is 11.6. The molecule has 0 saturated heterocycles. The highest BCUT2D eigenvalue weighted by Gasteiger charge is 2.12. The van der Waals surface area contributed by atoms with Crippen LogP contribution in [0.4, 0.5) is 4.39 Å². The molecule has 3 nitrogen and oxygen atoms in total. The van der Waals surface area contributed by atoms with Crippen LogP contribution < -0.4 is 5.32 Å². The van der Waals surface area contributed by atoms with Crippen molar-refractivity contribution in [3.8, 4) is 0 Å². The molecule has 0 aromatic heterocycles. The first-order valence-electron chi connectivity index (χ1n) is 5.26. The Kier molecular flexibility index (Phi) is 4.43. The zero-order valence-electron chi connectivity index (χ0n) is 9.46. The number of nitrogens with one attached hydrogen (secondary N) is 1. The first-order chi connectivity index (χ1) is 7.58. The van der Waals surface area contributed by atoms with E-state index in [9.17, 15) is 9.18 Å². The fourth-order valence-electron chi connectivity index (χ4n) is 1.28. The number of aryl methyl sites for hydroxylation is 1. The van der Waals surface area contributed by atoms with Crippen molar-refractivity contribution in [1.29, 1.82) is 0 Å². The molecular formula is C12H16FNO2. The summed E-state index contributed by atoms with van der Waals surface area (Å²) >= 11 is 0. The molecule has 0 aliphatic heterocycles. The van der Waals surface area contributed by atoms with E-state index in [-0.39, 0.29) is 24.1 Å². The Morgan fingerprint density at radius 1 is 1.56 bits per heavy atom. The highest BCUT2D eigenvalue weighted by atomic mass is 19.1. The van der Waals surface area contributed by atoms with Gasteiger partial charge < -0.3 is 10.4 Å². The second-order valence-electron chi connectivity index (χ2n) is 3.73. The molecule has 16 heavy (non-hydrogen) atoms. The number of aliphatic hydroxyl groups excluding tert-OH is 1. The van der Waals surface area contributed by atoms with E-state index in [0.29, 0.717) is 12.0 Å². The van der Waals surface area contributed by atoms with Crippen molar-refractivity contribution in [3.05, 3.63) is 35.1 Å². The number of benzene rings is 1. The van der Waals surface area contributed by atoms with E-state index in [1.165, 1.54) is 6.07 Å². The van der Waals surface area contributed by atoms with Gasteiger partial charge in [0.2, 0.25) is 0 Å². The molecule has 0 unspecified atom stereocenters. The predicted molar refractivity (Wildman–Crippen MR) is 59.8 cm³/mol. The van der Waals surface area contributed by atoms with Crippen LogP contribution in [0.15, 0.2) is 18.2 Å². The summed E-state index contributed by atoms with van der Waals surface area (Å²) in [5.74, 6) is -0.760. The molecule has 0 heterocycles. The highest BCUT2D eigenvalue weighted by molar-refractivity contribution is 5.94. The van der Waals surface area contributed by atoms with E-state index in [0.717, 1.165) is 0 Å². The number of halogens is 1. The van der Waals surface area contributed by atoms with E-state index in [2.05, 4.69) is 5.32 Å². The summed E-state index contributed by atoms with van der Waals surface area (Å²) in [4.78, 5) is 11.6. The van der Waals surface area contributed by atoms with E-state index in [4.69, 9.17) is 5.11 Å². The van der Waals surface area contributed by atoms with Gasteiger partial charge in [0.05, 0.1) is 12.6 Å². The molecule has 88 valence electrons. The maximum absolute atomic E-state index is 13.2. The van der Waals surface area contributed by atoms with Gasteiger partial charge in [-0.3, -0.25) is 4.79 Å². The zero-order chi connectivity index (χ0) is 12.1. The van der Waals surface area contributed by atoms with Gasteiger partial charge in [-0.25, -0.2) is 4.39 Å². The van der Waals surface area contributed by atoms with Crippen LogP contribution in [0, 0.1) is 12.7 Å². The number of amides is 1. The molecular weight excluding hydrogens is 209 g/mol. The van der Waals surface area contributed by atoms with Gasteiger partial charge in [-0.2, -0.15) is 0 Å². The minimum absolute atomic E-state index is 0.115. The first kappa shape index (κ1) is 12.6. The Balaban J connectivity index is 2.76. The summed E-state index contributed by atoms with van der Waals surface area (Å²) in [6.07, 6.45) is 0.635. The predicted octanol–water partition coefficient (Wildman–Crippen LogP) is 1.63. The van der Waals surface area contributed by atoms with Crippen molar-refractivity contribution in [2.45, 2.75) is 26.3 Å². The fraction of sp³-hybridized carbons (Fsp3) is 0.417. The van der Waals surface area contributed by atoms with Crippen LogP contribution >= 0.6 is 0 Å². The third-order valence-electron chi connectivity index (χ3n) is 2.48. The molecule has 1 aromatic rings. The zero-order valence-corrected chi connectivity index (χ0v) is 9.46. The van der Waals surface area contributed by atoms with Crippen LogP contribution in [-0.4, -0.2) is 23.7 Å². The van der Waals surface area contributed by atoms with Crippen LogP contribution in [0.5, 0.6) is 0 Å². The number of hydrogen-bond donors (Lipinski definition) is 2. The lowest BCUT2D eigenvalue weighted by molar-refractivity contribution is 0.0914. The largest absolute Gasteiger partial charge is 0.394 e. The van der Waals surface area contributed by atoms with Crippen LogP contribution in [0.25, 0.3) is 0 Å². The molecule has 1 amide bonds. The second kappa shape index (κ2) is 5.61. The van der Waals surface area contributed by atoms with Gasteiger partial charge in [-0.15, -0.1) is 0 Å². The van der Waals surface area contributed by atoms with Crippen LogP contribution in [0.1, 0.15) is 29.3 Å². The summed E-state index contributed by atoms with van der Waals surface area (Å²) in [6.45, 7) is 3.38. The normalized spacial score (nSPS) is 12.2. The molecule has 2 N–H and O–H groups in total. The fourth-order valence-corrected chi connectivity index (χ4v) is 1.28. The van der Waals surface area contributed by atoms with E-state index >= 15 is 0 Å². The molecule has 1 rings (SSSR count). The number of carbonyl (C=O) groups is 1. The number of carbonyl (C=O) groups excluding carboxylic acids is 1. The lowest BCUT2D eigenvalue weighted by Gasteiger charge is -2.14. The molecule has 1 atom stereocenters. The number of hydrogen-bond acceptors (Lipinski definition) is 2. The van der Waals surface area contributed by atoms with E-state index in [1.54, 1.807) is 19.1 Å². The SMILES string of the molecule is CC[C@H](CO)NC(=O)c1ccc(C)c(F)c1. The van der Waals surface area contributed by atoms with Crippen molar-refractivity contribution in [2.24, 2.45) is 0 Å². The maximum atomic E-state index is 13.2. The summed E-state index contributed by atoms with van der Waals surface area (Å²) in [6, 6.07) is 4.05. The van der Waals surface area contributed by atoms with Crippen molar-refractivity contribution in [2.75, 3.05) is 6.61 Å². The highest BCUT2D eigenvalue weighted by Crippen LogP contribution is 2.09. The molecule has 0 aliphatic carbocycles. The van der Waals surface area contributed by atoms with Gasteiger partial charge in [0, 0.05) is 5.56 Å². The molecule has 1 aromatic carbocycles. The Bertz CT molecular complexity index is 375. The Labute approximate surface area is 94.3 Å². The molecule has 0 spiro atoms. The van der Waals surface area contributed by atoms with Gasteiger partial charge in [0.15, 0.2) is 0 Å². The lowest BCUT2D eigenvalue weighted by atomic mass is 10.1. The van der Waals surface area contributed by atoms with E-state index < -0.39 is 5.82 Å². The Hall–Kier alpha value is -1.42. The van der Waals surface area contributed by atoms with Crippen molar-refractivity contribution >= 4 is 5.91 Å². The monoisotopic (exact) mass is 225 g/mol. The number of aliphatic hydroxyl groups is 1. The molecule has 0 saturated carbocycles. The molecule has 0 aliphatic rings. The quantitative estimate of drug-likeness (QED) is 0.818. The molecule has 0 radical (unpaired) electrons. The molecule has 0 bridgehead atoms. The number of rotatable bonds is 4. The summed E-state index contributed by atoms with van der Waals surface area (Å²) in [7, 11) is 0. The van der Waals surface area contributed by atoms with Gasteiger partial charge >= 0.3 is 0 Å². The van der Waals surface area contributed by atoms with Gasteiger partial charge in [-0.05, 0) is 31.0 Å². The van der Waals surface area contributed by atoms with Crippen molar-refractivity contribution in [1.82, 2.24) is 5.32 Å². The molecule has 0 fully saturated rings. The van der Waals surface area contributed by atoms with Crippen molar-refractivity contribution in [3.63, 3.8) is 0 Å². The summed E-state index contributed by atoms with van der Waals surface area (Å²) in [5.41, 5.74) is 0.778. The van der Waals surface area contributed by atoms with E-state index in [1.807, 2.05) is 6.92 Å².